The summed E-state index contributed by atoms with van der Waals surface area (Å²) in [5.74, 6) is -0.0473. The number of rotatable bonds is 2. The van der Waals surface area contributed by atoms with Gasteiger partial charge in [0.2, 0.25) is 5.78 Å². The fraction of sp³-hybridized carbons (Fsp3) is 0.133. The zero-order valence-corrected chi connectivity index (χ0v) is 11.5. The van der Waals surface area contributed by atoms with E-state index in [9.17, 15) is 4.79 Å². The number of aryl methyl sites for hydroxylation is 2. The van der Waals surface area contributed by atoms with E-state index in [-0.39, 0.29) is 5.78 Å². The van der Waals surface area contributed by atoms with E-state index in [2.05, 4.69) is 9.97 Å². The molecule has 3 nitrogen and oxygen atoms in total. The van der Waals surface area contributed by atoms with Crippen LogP contribution in [0.5, 0.6) is 0 Å². The second-order valence-corrected chi connectivity index (χ2v) is 5.58. The van der Waals surface area contributed by atoms with Crippen LogP contribution in [0.1, 0.15) is 26.5 Å². The number of thiophene rings is 1. The first-order valence-electron chi connectivity index (χ1n) is 5.99. The highest BCUT2D eigenvalue weighted by Gasteiger charge is 2.18. The summed E-state index contributed by atoms with van der Waals surface area (Å²) in [7, 11) is 0. The van der Waals surface area contributed by atoms with E-state index in [1.165, 1.54) is 11.2 Å². The highest BCUT2D eigenvalue weighted by atomic mass is 32.1. The quantitative estimate of drug-likeness (QED) is 0.668. The Balaban J connectivity index is 2.23. The summed E-state index contributed by atoms with van der Waals surface area (Å²) in [6.07, 6.45) is 1.47. The van der Waals surface area contributed by atoms with Gasteiger partial charge in [-0.1, -0.05) is 30.3 Å². The first kappa shape index (κ1) is 12.0. The van der Waals surface area contributed by atoms with Crippen LogP contribution in [0.3, 0.4) is 0 Å². The van der Waals surface area contributed by atoms with Crippen molar-refractivity contribution >= 4 is 27.3 Å². The largest absolute Gasteiger partial charge is 0.287 e. The van der Waals surface area contributed by atoms with Crippen molar-refractivity contribution in [3.05, 3.63) is 58.4 Å². The number of aromatic nitrogens is 2. The first-order valence-corrected chi connectivity index (χ1v) is 6.80. The van der Waals surface area contributed by atoms with Crippen LogP contribution in [0.4, 0.5) is 0 Å². The van der Waals surface area contributed by atoms with Gasteiger partial charge in [-0.2, -0.15) is 0 Å². The van der Waals surface area contributed by atoms with Crippen molar-refractivity contribution < 1.29 is 4.79 Å². The Hall–Kier alpha value is -2.07. The third-order valence-corrected chi connectivity index (χ3v) is 4.33. The third-order valence-electron chi connectivity index (χ3n) is 3.22. The minimum Gasteiger partial charge on any atom is -0.287 e. The molecule has 94 valence electrons. The molecule has 0 aliphatic rings. The highest BCUT2D eigenvalue weighted by Crippen LogP contribution is 2.30. The number of carbonyl (C=O) groups excluding carboxylic acids is 1. The topological polar surface area (TPSA) is 42.9 Å². The summed E-state index contributed by atoms with van der Waals surface area (Å²) in [5, 5.41) is 0.888. The summed E-state index contributed by atoms with van der Waals surface area (Å²) in [6, 6.07) is 9.23. The van der Waals surface area contributed by atoms with E-state index in [1.807, 2.05) is 44.2 Å². The van der Waals surface area contributed by atoms with Gasteiger partial charge in [-0.05, 0) is 19.4 Å². The molecule has 0 N–H and O–H groups in total. The molecule has 4 heteroatoms. The van der Waals surface area contributed by atoms with Gasteiger partial charge in [0.15, 0.2) is 0 Å². The van der Waals surface area contributed by atoms with Crippen molar-refractivity contribution in [3.8, 4) is 0 Å². The lowest BCUT2D eigenvalue weighted by Gasteiger charge is -2.02. The summed E-state index contributed by atoms with van der Waals surface area (Å²) in [4.78, 5) is 23.1. The molecule has 19 heavy (non-hydrogen) atoms. The summed E-state index contributed by atoms with van der Waals surface area (Å²) >= 11 is 1.60. The van der Waals surface area contributed by atoms with Crippen LogP contribution in [0.15, 0.2) is 36.7 Å². The Bertz CT molecular complexity index is 762. The molecule has 0 spiro atoms. The van der Waals surface area contributed by atoms with E-state index in [1.54, 1.807) is 11.3 Å². The maximum Gasteiger partial charge on any atom is 0.212 e. The Morgan fingerprint density at radius 1 is 1.11 bits per heavy atom. The van der Waals surface area contributed by atoms with Gasteiger partial charge in [-0.15, -0.1) is 11.3 Å². The fourth-order valence-corrected chi connectivity index (χ4v) is 3.08. The Kier molecular flexibility index (Phi) is 2.87. The summed E-state index contributed by atoms with van der Waals surface area (Å²) < 4.78 is 0. The fourth-order valence-electron chi connectivity index (χ4n) is 2.08. The summed E-state index contributed by atoms with van der Waals surface area (Å²) in [5.41, 5.74) is 2.25. The van der Waals surface area contributed by atoms with Gasteiger partial charge < -0.3 is 0 Å². The molecular formula is C15H12N2OS. The number of carbonyl (C=O) groups is 1. The number of ketones is 1. The maximum absolute atomic E-state index is 12.5. The minimum atomic E-state index is -0.0473. The molecule has 0 fully saturated rings. The second-order valence-electron chi connectivity index (χ2n) is 4.38. The predicted octanol–water partition coefficient (Wildman–Crippen LogP) is 3.54. The number of nitrogens with zero attached hydrogens (tertiary/aromatic N) is 2. The Morgan fingerprint density at radius 2 is 1.84 bits per heavy atom. The third kappa shape index (κ3) is 1.94. The molecule has 0 saturated heterocycles. The average molecular weight is 268 g/mol. The van der Waals surface area contributed by atoms with E-state index in [0.717, 1.165) is 15.8 Å². The van der Waals surface area contributed by atoms with E-state index in [4.69, 9.17) is 0 Å². The van der Waals surface area contributed by atoms with E-state index >= 15 is 0 Å². The lowest BCUT2D eigenvalue weighted by molar-refractivity contribution is 0.103. The van der Waals surface area contributed by atoms with Gasteiger partial charge in [0.05, 0.1) is 0 Å². The van der Waals surface area contributed by atoms with Gasteiger partial charge in [0.1, 0.15) is 16.9 Å². The number of hydrogen-bond acceptors (Lipinski definition) is 4. The standard InChI is InChI=1S/C15H12N2OS/c1-9-10(2)19-15-12(9)13(16-8-17-15)14(18)11-6-4-3-5-7-11/h3-8H,1-2H3. The molecule has 2 aromatic heterocycles. The van der Waals surface area contributed by atoms with Gasteiger partial charge >= 0.3 is 0 Å². The smallest absolute Gasteiger partial charge is 0.212 e. The zero-order valence-electron chi connectivity index (χ0n) is 10.7. The van der Waals surface area contributed by atoms with Crippen molar-refractivity contribution in [2.24, 2.45) is 0 Å². The number of fused-ring (bicyclic) bond motifs is 1. The van der Waals surface area contributed by atoms with Gasteiger partial charge in [0, 0.05) is 15.8 Å². The molecule has 0 atom stereocenters. The van der Waals surface area contributed by atoms with Crippen LogP contribution >= 0.6 is 11.3 Å². The second kappa shape index (κ2) is 4.55. The van der Waals surface area contributed by atoms with Crippen LogP contribution in [0, 0.1) is 13.8 Å². The average Bonchev–Trinajstić information content (AvgIpc) is 2.74. The predicted molar refractivity (Wildman–Crippen MR) is 76.8 cm³/mol. The SMILES string of the molecule is Cc1sc2ncnc(C(=O)c3ccccc3)c2c1C. The molecule has 0 radical (unpaired) electrons. The number of hydrogen-bond donors (Lipinski definition) is 0. The van der Waals surface area contributed by atoms with Crippen molar-refractivity contribution in [1.29, 1.82) is 0 Å². The molecule has 2 heterocycles. The molecular weight excluding hydrogens is 256 g/mol. The number of benzene rings is 1. The summed E-state index contributed by atoms with van der Waals surface area (Å²) in [6.45, 7) is 4.05. The highest BCUT2D eigenvalue weighted by molar-refractivity contribution is 7.18. The van der Waals surface area contributed by atoms with E-state index < -0.39 is 0 Å². The minimum absolute atomic E-state index is 0.0473. The molecule has 0 bridgehead atoms. The van der Waals surface area contributed by atoms with Crippen molar-refractivity contribution in [1.82, 2.24) is 9.97 Å². The molecule has 0 unspecified atom stereocenters. The van der Waals surface area contributed by atoms with Crippen molar-refractivity contribution in [2.45, 2.75) is 13.8 Å². The molecule has 3 aromatic rings. The molecule has 0 aliphatic carbocycles. The maximum atomic E-state index is 12.5. The van der Waals surface area contributed by atoms with Crippen LogP contribution in [-0.4, -0.2) is 15.8 Å². The molecule has 1 aromatic carbocycles. The van der Waals surface area contributed by atoms with Crippen molar-refractivity contribution in [3.63, 3.8) is 0 Å². The van der Waals surface area contributed by atoms with E-state index in [0.29, 0.717) is 11.3 Å². The molecule has 0 saturated carbocycles. The van der Waals surface area contributed by atoms with Gasteiger partial charge in [-0.3, -0.25) is 4.79 Å². The van der Waals surface area contributed by atoms with Crippen LogP contribution in [0.25, 0.3) is 10.2 Å². The van der Waals surface area contributed by atoms with Crippen molar-refractivity contribution in [2.75, 3.05) is 0 Å². The zero-order chi connectivity index (χ0) is 13.4. The van der Waals surface area contributed by atoms with Gasteiger partial charge in [-0.25, -0.2) is 9.97 Å². The Morgan fingerprint density at radius 3 is 2.58 bits per heavy atom. The van der Waals surface area contributed by atoms with Gasteiger partial charge in [0.25, 0.3) is 0 Å². The monoisotopic (exact) mass is 268 g/mol. The lowest BCUT2D eigenvalue weighted by atomic mass is 10.0. The molecule has 0 amide bonds. The van der Waals surface area contributed by atoms with Crippen LogP contribution in [0.2, 0.25) is 0 Å². The molecule has 0 aliphatic heterocycles. The van der Waals surface area contributed by atoms with Crippen LogP contribution in [-0.2, 0) is 0 Å². The Labute approximate surface area is 115 Å². The normalized spacial score (nSPS) is 10.8. The first-order chi connectivity index (χ1) is 9.18. The van der Waals surface area contributed by atoms with Crippen LogP contribution < -0.4 is 0 Å². The molecule has 3 rings (SSSR count). The lowest BCUT2D eigenvalue weighted by Crippen LogP contribution is -2.05.